The number of benzene rings is 7. The Morgan fingerprint density at radius 2 is 1.12 bits per heavy atom. The molecule has 0 radical (unpaired) electrons. The summed E-state index contributed by atoms with van der Waals surface area (Å²) in [7, 11) is -4.61. The Balaban J connectivity index is 1.07. The zero-order valence-electron chi connectivity index (χ0n) is 45.9. The molecule has 6 aromatic carbocycles. The van der Waals surface area contributed by atoms with E-state index in [0.29, 0.717) is 35.7 Å². The molecule has 0 fully saturated rings. The van der Waals surface area contributed by atoms with Gasteiger partial charge in [0.2, 0.25) is 22.9 Å². The highest BCUT2D eigenvalue weighted by molar-refractivity contribution is 7.86. The number of fused-ring (bicyclic) bond motifs is 2. The van der Waals surface area contributed by atoms with Crippen LogP contribution in [-0.4, -0.2) is 51.1 Å². The van der Waals surface area contributed by atoms with Crippen molar-refractivity contribution in [3.63, 3.8) is 0 Å². The van der Waals surface area contributed by atoms with Crippen molar-refractivity contribution in [2.24, 2.45) is 0 Å². The molecule has 6 aromatic rings. The minimum Gasteiger partial charge on any atom is -0.494 e. The van der Waals surface area contributed by atoms with Gasteiger partial charge in [0.15, 0.2) is 0 Å². The fraction of sp³-hybridized carbons (Fsp3) is 0.308. The molecule has 2 aliphatic rings. The van der Waals surface area contributed by atoms with Crippen LogP contribution in [0.25, 0.3) is 33.4 Å². The van der Waals surface area contributed by atoms with Gasteiger partial charge in [0, 0.05) is 94.9 Å². The monoisotopic (exact) mass is 1070 g/mol. The maximum absolute atomic E-state index is 13.1. The number of carbonyl (C=O) groups excluding carboxylic acids is 2. The molecule has 12 nitrogen and oxygen atoms in total. The van der Waals surface area contributed by atoms with Crippen molar-refractivity contribution in [1.82, 2.24) is 4.58 Å². The lowest BCUT2D eigenvalue weighted by atomic mass is 9.93. The van der Waals surface area contributed by atoms with E-state index >= 15 is 0 Å². The summed E-state index contributed by atoms with van der Waals surface area (Å²) in [5, 5.41) is 7.24. The number of hydrogen-bond acceptors (Lipinski definition) is 8. The van der Waals surface area contributed by atoms with Crippen molar-refractivity contribution >= 4 is 61.3 Å². The van der Waals surface area contributed by atoms with Crippen LogP contribution >= 0.6 is 0 Å². The molecule has 0 aromatic heterocycles. The van der Waals surface area contributed by atoms with Crippen LogP contribution in [0.1, 0.15) is 100 Å². The van der Waals surface area contributed by atoms with Gasteiger partial charge in [-0.15, -0.1) is 0 Å². The number of carbonyl (C=O) groups is 2. The Morgan fingerprint density at radius 3 is 1.69 bits per heavy atom. The maximum atomic E-state index is 13.1. The first-order chi connectivity index (χ1) is 37.6. The number of nitrogens with zero attached hydrogens (tertiary/aromatic N) is 2. The molecule has 1 heterocycles. The third-order valence-corrected chi connectivity index (χ3v) is 15.0. The predicted octanol–water partition coefficient (Wildman–Crippen LogP) is 14.9. The SMILES string of the molecule is CC(=O)Nc1ccc(OCCCCCCCN(c2ccc3c(-c4ccccc4S(=O)(=O)O)c4ccc(=[N+](CCCCCCCOc5ccc(NC(C)=O)cc5)c5c(C)cccc5C)cc-4oc3c2)c2c(C)cccc2C)cc1. The lowest BCUT2D eigenvalue weighted by Crippen LogP contribution is -2.28. The molecule has 13 heteroatoms. The molecule has 0 saturated carbocycles. The lowest BCUT2D eigenvalue weighted by molar-refractivity contribution is -0.115. The molecule has 406 valence electrons. The second kappa shape index (κ2) is 26.5. The van der Waals surface area contributed by atoms with Crippen LogP contribution in [0.3, 0.4) is 0 Å². The van der Waals surface area contributed by atoms with Gasteiger partial charge in [-0.3, -0.25) is 14.1 Å². The van der Waals surface area contributed by atoms with E-state index in [-0.39, 0.29) is 16.7 Å². The van der Waals surface area contributed by atoms with E-state index in [9.17, 15) is 22.6 Å². The standard InChI is InChI=1S/C65H72N4O8S/c1-45-21-19-22-46(2)64(45)68(39-15-9-7-11-17-41-75-55-33-27-51(28-34-55)66-49(5)70)53-31-37-57-60(43-53)77-61-44-54(32-38-58(61)63(57)59-25-13-14-26-62(59)78(72,73)74)69(65-47(3)23-20-24-48(65)4)40-16-10-8-12-18-42-76-56-35-29-52(30-36-56)67-50(6)71/h13-14,19-38,43-44H,7-12,15-18,39-42H2,1-6H3,(H2-,66,67,70,71,72,73,74)/p+1. The molecule has 3 N–H and O–H groups in total. The van der Waals surface area contributed by atoms with E-state index in [4.69, 9.17) is 13.9 Å². The number of nitrogens with one attached hydrogen (secondary N) is 2. The van der Waals surface area contributed by atoms with Crippen LogP contribution in [0.2, 0.25) is 0 Å². The quantitative estimate of drug-likeness (QED) is 0.0220. The molecule has 0 spiro atoms. The second-order valence-electron chi connectivity index (χ2n) is 20.2. The highest BCUT2D eigenvalue weighted by atomic mass is 32.2. The first kappa shape index (κ1) is 56.5. The average molecular weight is 1070 g/mol. The summed E-state index contributed by atoms with van der Waals surface area (Å²) in [6.45, 7) is 14.3. The van der Waals surface area contributed by atoms with Gasteiger partial charge in [-0.25, -0.2) is 0 Å². The third-order valence-electron chi connectivity index (χ3n) is 14.1. The van der Waals surface area contributed by atoms with E-state index in [1.165, 1.54) is 19.9 Å². The minimum atomic E-state index is -4.61. The number of rotatable bonds is 25. The van der Waals surface area contributed by atoms with E-state index < -0.39 is 10.1 Å². The van der Waals surface area contributed by atoms with Gasteiger partial charge in [-0.2, -0.15) is 13.0 Å². The van der Waals surface area contributed by atoms with E-state index in [1.54, 1.807) is 18.2 Å². The molecule has 0 saturated heterocycles. The first-order valence-electron chi connectivity index (χ1n) is 27.2. The minimum absolute atomic E-state index is 0.107. The summed E-state index contributed by atoms with van der Waals surface area (Å²) in [4.78, 5) is 25.0. The topological polar surface area (TPSA) is 150 Å². The van der Waals surface area contributed by atoms with Crippen LogP contribution in [0.4, 0.5) is 28.4 Å². The molecule has 0 unspecified atom stereocenters. The smallest absolute Gasteiger partial charge is 0.295 e. The predicted molar refractivity (Wildman–Crippen MR) is 315 cm³/mol. The summed E-state index contributed by atoms with van der Waals surface area (Å²) in [6, 6.07) is 46.6. The van der Waals surface area contributed by atoms with Crippen LogP contribution in [0.15, 0.2) is 155 Å². The summed E-state index contributed by atoms with van der Waals surface area (Å²) in [5.41, 5.74) is 11.7. The Hall–Kier alpha value is -7.74. The summed E-state index contributed by atoms with van der Waals surface area (Å²) in [5.74, 6) is 1.93. The Bertz CT molecular complexity index is 3480. The van der Waals surface area contributed by atoms with Crippen molar-refractivity contribution in [3.8, 4) is 33.9 Å². The number of anilines is 4. The molecule has 2 amide bonds. The van der Waals surface area contributed by atoms with Crippen LogP contribution < -0.4 is 34.9 Å². The van der Waals surface area contributed by atoms with Crippen LogP contribution in [-0.2, 0) is 19.7 Å². The molecule has 1 aliphatic carbocycles. The molecule has 1 aliphatic heterocycles. The van der Waals surface area contributed by atoms with Gasteiger partial charge in [0.25, 0.3) is 10.1 Å². The first-order valence-corrected chi connectivity index (χ1v) is 28.7. The zero-order chi connectivity index (χ0) is 55.2. The fourth-order valence-electron chi connectivity index (χ4n) is 10.5. The van der Waals surface area contributed by atoms with Gasteiger partial charge >= 0.3 is 0 Å². The number of unbranched alkanes of at least 4 members (excludes halogenated alkanes) is 8. The molecule has 78 heavy (non-hydrogen) atoms. The highest BCUT2D eigenvalue weighted by Gasteiger charge is 2.26. The zero-order valence-corrected chi connectivity index (χ0v) is 46.7. The van der Waals surface area contributed by atoms with Crippen LogP contribution in [0, 0.1) is 27.7 Å². The van der Waals surface area contributed by atoms with Crippen molar-refractivity contribution in [3.05, 3.63) is 173 Å². The Kier molecular flexibility index (Phi) is 19.2. The number of amides is 2. The Morgan fingerprint density at radius 1 is 0.577 bits per heavy atom. The summed E-state index contributed by atoms with van der Waals surface area (Å²) < 4.78 is 58.3. The van der Waals surface area contributed by atoms with E-state index in [1.807, 2.05) is 60.7 Å². The summed E-state index contributed by atoms with van der Waals surface area (Å²) in [6.07, 6.45) is 9.98. The van der Waals surface area contributed by atoms with Gasteiger partial charge < -0.3 is 29.4 Å². The number of ether oxygens (including phenoxy) is 2. The van der Waals surface area contributed by atoms with Crippen molar-refractivity contribution in [2.75, 3.05) is 41.8 Å². The van der Waals surface area contributed by atoms with Gasteiger partial charge in [-0.1, -0.05) is 86.7 Å². The van der Waals surface area contributed by atoms with E-state index in [0.717, 1.165) is 156 Å². The molecule has 0 bridgehead atoms. The van der Waals surface area contributed by atoms with Crippen molar-refractivity contribution < 1.29 is 36.5 Å². The summed E-state index contributed by atoms with van der Waals surface area (Å²) >= 11 is 0. The average Bonchev–Trinajstić information content (AvgIpc) is 3.61. The second-order valence-corrected chi connectivity index (χ2v) is 21.6. The molecule has 8 rings (SSSR count). The normalized spacial score (nSPS) is 11.9. The van der Waals surface area contributed by atoms with Gasteiger partial charge in [0.1, 0.15) is 34.3 Å². The third kappa shape index (κ3) is 14.6. The molecule has 0 atom stereocenters. The largest absolute Gasteiger partial charge is 0.494 e. The van der Waals surface area contributed by atoms with Crippen molar-refractivity contribution in [2.45, 2.75) is 111 Å². The highest BCUT2D eigenvalue weighted by Crippen LogP contribution is 2.44. The van der Waals surface area contributed by atoms with Gasteiger partial charge in [0.05, 0.1) is 19.3 Å². The van der Waals surface area contributed by atoms with E-state index in [2.05, 4.69) is 108 Å². The van der Waals surface area contributed by atoms with Crippen LogP contribution in [0.5, 0.6) is 11.5 Å². The number of hydrogen-bond donors (Lipinski definition) is 3. The lowest BCUT2D eigenvalue weighted by Gasteiger charge is -2.29. The molecular formula is C65H73N4O8S+. The maximum Gasteiger partial charge on any atom is 0.295 e. The fourth-order valence-corrected chi connectivity index (χ4v) is 11.2. The van der Waals surface area contributed by atoms with Gasteiger partial charge in [-0.05, 0) is 137 Å². The molecular weight excluding hydrogens is 997 g/mol. The van der Waals surface area contributed by atoms with Crippen molar-refractivity contribution in [1.29, 1.82) is 0 Å². The Labute approximate surface area is 459 Å². The number of aryl methyl sites for hydroxylation is 4. The number of para-hydroxylation sites is 2.